The molecule has 0 aromatic heterocycles. The molecule has 1 aliphatic rings. The van der Waals surface area contributed by atoms with E-state index in [-0.39, 0.29) is 21.0 Å². The maximum absolute atomic E-state index is 12.7. The molecule has 2 N–H and O–H groups in total. The average molecular weight is 451 g/mol. The Morgan fingerprint density at radius 2 is 1.63 bits per heavy atom. The first kappa shape index (κ1) is 21.5. The van der Waals surface area contributed by atoms with Gasteiger partial charge in [0.25, 0.3) is 26.0 Å². The summed E-state index contributed by atoms with van der Waals surface area (Å²) in [6.07, 6.45) is 0. The molecule has 12 heteroatoms. The second-order valence-electron chi connectivity index (χ2n) is 6.45. The average Bonchev–Trinajstić information content (AvgIpc) is 2.87. The van der Waals surface area contributed by atoms with Crippen molar-refractivity contribution in [3.63, 3.8) is 0 Å². The normalized spacial score (nSPS) is 15.9. The van der Waals surface area contributed by atoms with Crippen molar-refractivity contribution in [2.24, 2.45) is 0 Å². The summed E-state index contributed by atoms with van der Waals surface area (Å²) in [5, 5.41) is 2.44. The van der Waals surface area contributed by atoms with Gasteiger partial charge in [0.15, 0.2) is 0 Å². The zero-order valence-electron chi connectivity index (χ0n) is 15.8. The van der Waals surface area contributed by atoms with Crippen molar-refractivity contribution >= 4 is 43.5 Å². The summed E-state index contributed by atoms with van der Waals surface area (Å²) in [6, 6.07) is 9.19. The van der Waals surface area contributed by atoms with E-state index in [1.165, 1.54) is 55.5 Å². The van der Waals surface area contributed by atoms with Crippen molar-refractivity contribution in [1.82, 2.24) is 9.03 Å². The Bertz CT molecular complexity index is 1250. The minimum absolute atomic E-state index is 0.00955. The van der Waals surface area contributed by atoms with Crippen LogP contribution in [0.4, 0.5) is 5.69 Å². The number of hydrogen-bond acceptors (Lipinski definition) is 7. The van der Waals surface area contributed by atoms with E-state index in [0.717, 1.165) is 6.92 Å². The summed E-state index contributed by atoms with van der Waals surface area (Å²) in [6.45, 7) is 2.33. The van der Waals surface area contributed by atoms with Crippen LogP contribution in [0.15, 0.2) is 58.3 Å². The molecular weight excluding hydrogens is 434 g/mol. The number of amides is 3. The molecule has 10 nitrogen and oxygen atoms in total. The summed E-state index contributed by atoms with van der Waals surface area (Å²) in [7, 11) is -8.20. The summed E-state index contributed by atoms with van der Waals surface area (Å²) in [5.41, 5.74) is 0.167. The molecule has 1 atom stereocenters. The van der Waals surface area contributed by atoms with Crippen LogP contribution in [-0.4, -0.2) is 44.9 Å². The van der Waals surface area contributed by atoms with E-state index in [1.807, 2.05) is 4.72 Å². The Kier molecular flexibility index (Phi) is 5.39. The van der Waals surface area contributed by atoms with E-state index in [4.69, 9.17) is 0 Å². The molecule has 1 heterocycles. The molecule has 1 unspecified atom stereocenters. The number of rotatable bonds is 5. The number of hydrogen-bond donors (Lipinski definition) is 2. The van der Waals surface area contributed by atoms with Gasteiger partial charge in [-0.1, -0.05) is 12.1 Å². The third-order valence-electron chi connectivity index (χ3n) is 4.30. The molecule has 30 heavy (non-hydrogen) atoms. The fourth-order valence-electron chi connectivity index (χ4n) is 2.90. The van der Waals surface area contributed by atoms with Gasteiger partial charge in [-0.05, 0) is 43.3 Å². The molecule has 158 valence electrons. The van der Waals surface area contributed by atoms with Crippen molar-refractivity contribution in [2.75, 3.05) is 5.32 Å². The van der Waals surface area contributed by atoms with E-state index >= 15 is 0 Å². The Morgan fingerprint density at radius 1 is 1.03 bits per heavy atom. The number of carbonyl (C=O) groups is 3. The minimum Gasteiger partial charge on any atom is -0.324 e. The summed E-state index contributed by atoms with van der Waals surface area (Å²) in [5.74, 6) is -2.33. The van der Waals surface area contributed by atoms with Crippen molar-refractivity contribution in [1.29, 1.82) is 0 Å². The van der Waals surface area contributed by atoms with Crippen LogP contribution in [0, 0.1) is 0 Å². The Labute approximate surface area is 173 Å². The largest absolute Gasteiger partial charge is 0.324 e. The fourth-order valence-corrected chi connectivity index (χ4v) is 5.62. The lowest BCUT2D eigenvalue weighted by atomic mass is 10.2. The number of anilines is 1. The smallest absolute Gasteiger partial charge is 0.269 e. The molecule has 2 aromatic rings. The highest BCUT2D eigenvalue weighted by Crippen LogP contribution is 2.31. The van der Waals surface area contributed by atoms with Crippen molar-refractivity contribution < 1.29 is 31.2 Å². The van der Waals surface area contributed by atoms with Gasteiger partial charge in [0.05, 0.1) is 10.5 Å². The van der Waals surface area contributed by atoms with Crippen LogP contribution in [0.3, 0.4) is 0 Å². The second-order valence-corrected chi connectivity index (χ2v) is 9.92. The second kappa shape index (κ2) is 7.54. The lowest BCUT2D eigenvalue weighted by Crippen LogP contribution is -2.45. The molecule has 3 amide bonds. The van der Waals surface area contributed by atoms with Gasteiger partial charge in [0.1, 0.15) is 10.9 Å². The number of carbonyl (C=O) groups excluding carboxylic acids is 3. The Morgan fingerprint density at radius 3 is 2.20 bits per heavy atom. The number of sulfonamides is 2. The van der Waals surface area contributed by atoms with E-state index in [0.29, 0.717) is 4.31 Å². The zero-order valence-corrected chi connectivity index (χ0v) is 17.5. The first-order valence-corrected chi connectivity index (χ1v) is 11.5. The number of nitrogens with one attached hydrogen (secondary N) is 2. The van der Waals surface area contributed by atoms with Crippen LogP contribution in [0.5, 0.6) is 0 Å². The lowest BCUT2D eigenvalue weighted by molar-refractivity contribution is -0.119. The van der Waals surface area contributed by atoms with Gasteiger partial charge in [-0.25, -0.2) is 25.9 Å². The van der Waals surface area contributed by atoms with Crippen LogP contribution in [0.25, 0.3) is 0 Å². The Hall–Kier alpha value is -3.25. The van der Waals surface area contributed by atoms with Gasteiger partial charge in [-0.3, -0.25) is 14.4 Å². The van der Waals surface area contributed by atoms with Gasteiger partial charge in [0, 0.05) is 12.6 Å². The summed E-state index contributed by atoms with van der Waals surface area (Å²) >= 11 is 0. The maximum Gasteiger partial charge on any atom is 0.269 e. The first-order valence-electron chi connectivity index (χ1n) is 8.57. The van der Waals surface area contributed by atoms with Crippen molar-refractivity contribution in [2.45, 2.75) is 29.7 Å². The number of nitrogens with zero attached hydrogens (tertiary/aromatic N) is 1. The molecule has 0 radical (unpaired) electrons. The molecule has 0 saturated heterocycles. The third kappa shape index (κ3) is 3.78. The first-order chi connectivity index (χ1) is 13.9. The minimum atomic E-state index is -4.17. The molecule has 0 bridgehead atoms. The quantitative estimate of drug-likeness (QED) is 0.679. The van der Waals surface area contributed by atoms with Gasteiger partial charge in [-0.15, -0.1) is 0 Å². The molecule has 0 aliphatic carbocycles. The van der Waals surface area contributed by atoms with Crippen LogP contribution in [0.1, 0.15) is 24.2 Å². The van der Waals surface area contributed by atoms with Crippen molar-refractivity contribution in [3.8, 4) is 0 Å². The molecule has 0 spiro atoms. The van der Waals surface area contributed by atoms with E-state index < -0.39 is 43.8 Å². The van der Waals surface area contributed by atoms with Gasteiger partial charge >= 0.3 is 0 Å². The van der Waals surface area contributed by atoms with Crippen LogP contribution >= 0.6 is 0 Å². The zero-order chi connectivity index (χ0) is 22.3. The van der Waals surface area contributed by atoms with Gasteiger partial charge in [-0.2, -0.15) is 0 Å². The predicted octanol–water partition coefficient (Wildman–Crippen LogP) is 0.683. The van der Waals surface area contributed by atoms with Gasteiger partial charge < -0.3 is 5.32 Å². The molecule has 2 aromatic carbocycles. The molecule has 3 rings (SSSR count). The van der Waals surface area contributed by atoms with Crippen LogP contribution in [-0.2, 0) is 29.6 Å². The number of benzene rings is 2. The van der Waals surface area contributed by atoms with Crippen molar-refractivity contribution in [3.05, 3.63) is 54.1 Å². The predicted molar refractivity (Wildman–Crippen MR) is 105 cm³/mol. The highest BCUT2D eigenvalue weighted by atomic mass is 32.2. The highest BCUT2D eigenvalue weighted by molar-refractivity contribution is 7.90. The molecule has 0 saturated carbocycles. The monoisotopic (exact) mass is 451 g/mol. The van der Waals surface area contributed by atoms with Crippen LogP contribution in [0.2, 0.25) is 0 Å². The molecule has 1 aliphatic heterocycles. The molecular formula is C18H17N3O7S2. The standard InChI is InChI=1S/C18H17N3O7S2/c1-11(21-18(24)15-5-3-4-6-16(15)30(21,27)28)17(23)19-13-7-9-14(10-8-13)29(25,26)20-12(2)22/h3-11H,1-2H3,(H,19,23)(H,20,22). The van der Waals surface area contributed by atoms with E-state index in [9.17, 15) is 31.2 Å². The van der Waals surface area contributed by atoms with Crippen LogP contribution < -0.4 is 10.0 Å². The third-order valence-corrected chi connectivity index (χ3v) is 7.66. The topological polar surface area (TPSA) is 147 Å². The Balaban J connectivity index is 1.79. The maximum atomic E-state index is 12.7. The summed E-state index contributed by atoms with van der Waals surface area (Å²) < 4.78 is 51.5. The van der Waals surface area contributed by atoms with E-state index in [1.54, 1.807) is 0 Å². The number of fused-ring (bicyclic) bond motifs is 1. The SMILES string of the molecule is CC(=O)NS(=O)(=O)c1ccc(NC(=O)C(C)N2C(=O)c3ccccc3S2(=O)=O)cc1. The fraction of sp³-hybridized carbons (Fsp3) is 0.167. The lowest BCUT2D eigenvalue weighted by Gasteiger charge is -2.22. The molecule has 0 fully saturated rings. The summed E-state index contributed by atoms with van der Waals surface area (Å²) in [4.78, 5) is 35.7. The highest BCUT2D eigenvalue weighted by Gasteiger charge is 2.45. The van der Waals surface area contributed by atoms with E-state index in [2.05, 4.69) is 5.32 Å². The van der Waals surface area contributed by atoms with Gasteiger partial charge in [0.2, 0.25) is 11.8 Å².